The fourth-order valence-corrected chi connectivity index (χ4v) is 2.47. The van der Waals surface area contributed by atoms with Crippen molar-refractivity contribution < 1.29 is 14.1 Å². The van der Waals surface area contributed by atoms with Crippen LogP contribution in [0.25, 0.3) is 0 Å². The third-order valence-electron chi connectivity index (χ3n) is 3.99. The van der Waals surface area contributed by atoms with E-state index in [1.54, 1.807) is 0 Å². The van der Waals surface area contributed by atoms with Crippen LogP contribution in [-0.4, -0.2) is 28.5 Å². The Kier molecular flexibility index (Phi) is 6.89. The van der Waals surface area contributed by atoms with Gasteiger partial charge >= 0.3 is 0 Å². The van der Waals surface area contributed by atoms with E-state index in [1.807, 2.05) is 45.9 Å². The van der Waals surface area contributed by atoms with Crippen LogP contribution in [0, 0.1) is 13.8 Å². The van der Waals surface area contributed by atoms with Gasteiger partial charge in [-0.3, -0.25) is 9.59 Å². The van der Waals surface area contributed by atoms with Crippen LogP contribution in [0.4, 0.5) is 5.69 Å². The normalized spacial score (nSPS) is 10.8. The van der Waals surface area contributed by atoms with Crippen LogP contribution < -0.4 is 10.6 Å². The fourth-order valence-electron chi connectivity index (χ4n) is 2.47. The topological polar surface area (TPSA) is 97.1 Å². The lowest BCUT2D eigenvalue weighted by Crippen LogP contribution is -2.33. The van der Waals surface area contributed by atoms with Gasteiger partial charge in [0.15, 0.2) is 5.82 Å². The lowest BCUT2D eigenvalue weighted by atomic mass is 10.1. The van der Waals surface area contributed by atoms with Crippen molar-refractivity contribution in [2.24, 2.45) is 0 Å². The molecule has 7 heteroatoms. The minimum Gasteiger partial charge on any atom is -0.347 e. The first-order chi connectivity index (χ1) is 12.4. The predicted molar refractivity (Wildman–Crippen MR) is 98.9 cm³/mol. The van der Waals surface area contributed by atoms with Crippen molar-refractivity contribution in [3.05, 3.63) is 41.0 Å². The van der Waals surface area contributed by atoms with Gasteiger partial charge in [0.1, 0.15) is 0 Å². The number of carbonyl (C=O) groups is 2. The highest BCUT2D eigenvalue weighted by atomic mass is 16.5. The molecule has 1 aromatic heterocycles. The maximum absolute atomic E-state index is 12.0. The summed E-state index contributed by atoms with van der Waals surface area (Å²) in [5.41, 5.74) is 2.78. The molecule has 0 unspecified atom stereocenters. The number of carbonyl (C=O) groups excluding carboxylic acids is 2. The van der Waals surface area contributed by atoms with Crippen LogP contribution >= 0.6 is 0 Å². The molecule has 140 valence electrons. The van der Waals surface area contributed by atoms with E-state index in [0.29, 0.717) is 31.0 Å². The number of hydrogen-bond donors (Lipinski definition) is 2. The number of aromatic nitrogens is 2. The molecule has 0 bridgehead atoms. The molecule has 0 fully saturated rings. The molecule has 1 aromatic carbocycles. The van der Waals surface area contributed by atoms with Gasteiger partial charge in [-0.25, -0.2) is 0 Å². The Morgan fingerprint density at radius 1 is 1.15 bits per heavy atom. The van der Waals surface area contributed by atoms with Gasteiger partial charge in [-0.2, -0.15) is 4.98 Å². The van der Waals surface area contributed by atoms with E-state index in [1.165, 1.54) is 0 Å². The highest BCUT2D eigenvalue weighted by Crippen LogP contribution is 2.19. The van der Waals surface area contributed by atoms with Gasteiger partial charge in [0, 0.05) is 24.4 Å². The molecule has 26 heavy (non-hydrogen) atoms. The van der Waals surface area contributed by atoms with Gasteiger partial charge in [0.05, 0.1) is 6.54 Å². The molecule has 0 spiro atoms. The van der Waals surface area contributed by atoms with Gasteiger partial charge < -0.3 is 15.2 Å². The first kappa shape index (κ1) is 19.6. The second kappa shape index (κ2) is 9.12. The average Bonchev–Trinajstić information content (AvgIpc) is 3.06. The highest BCUT2D eigenvalue weighted by molar-refractivity contribution is 5.95. The Balaban J connectivity index is 1.70. The second-order valence-electron chi connectivity index (χ2n) is 6.65. The summed E-state index contributed by atoms with van der Waals surface area (Å²) in [7, 11) is 0. The summed E-state index contributed by atoms with van der Waals surface area (Å²) < 4.78 is 5.14. The molecule has 0 radical (unpaired) electrons. The summed E-state index contributed by atoms with van der Waals surface area (Å²) in [5, 5.41) is 9.36. The zero-order chi connectivity index (χ0) is 19.1. The van der Waals surface area contributed by atoms with Crippen molar-refractivity contribution in [2.45, 2.75) is 52.9 Å². The molecule has 7 nitrogen and oxygen atoms in total. The Labute approximate surface area is 153 Å². The summed E-state index contributed by atoms with van der Waals surface area (Å²) in [6, 6.07) is 5.81. The molecule has 0 aliphatic heterocycles. The smallest absolute Gasteiger partial charge is 0.243 e. The highest BCUT2D eigenvalue weighted by Gasteiger charge is 2.11. The summed E-state index contributed by atoms with van der Waals surface area (Å²) in [5.74, 6) is 1.01. The standard InChI is InChI=1S/C19H26N4O3/c1-12(2)19-22-17(26-23-19)10-6-9-15(24)20-11-16(25)21-18-13(3)7-5-8-14(18)4/h5,7-8,12H,6,9-11H2,1-4H3,(H,20,24)(H,21,25). The Bertz CT molecular complexity index is 748. The SMILES string of the molecule is Cc1cccc(C)c1NC(=O)CNC(=O)CCCc1nc(C(C)C)no1. The van der Waals surface area contributed by atoms with E-state index in [-0.39, 0.29) is 24.3 Å². The molecule has 0 aliphatic rings. The molecule has 0 saturated carbocycles. The number of anilines is 1. The number of benzene rings is 1. The molecular formula is C19H26N4O3. The lowest BCUT2D eigenvalue weighted by Gasteiger charge is -2.11. The van der Waals surface area contributed by atoms with E-state index in [4.69, 9.17) is 4.52 Å². The Morgan fingerprint density at radius 3 is 2.46 bits per heavy atom. The first-order valence-electron chi connectivity index (χ1n) is 8.82. The lowest BCUT2D eigenvalue weighted by molar-refractivity contribution is -0.124. The first-order valence-corrected chi connectivity index (χ1v) is 8.82. The predicted octanol–water partition coefficient (Wildman–Crippen LogP) is 2.89. The van der Waals surface area contributed by atoms with E-state index in [0.717, 1.165) is 16.8 Å². The molecule has 1 heterocycles. The van der Waals surface area contributed by atoms with Crippen LogP contribution in [-0.2, 0) is 16.0 Å². The van der Waals surface area contributed by atoms with Crippen molar-refractivity contribution in [3.8, 4) is 0 Å². The summed E-state index contributed by atoms with van der Waals surface area (Å²) in [6.45, 7) is 7.80. The second-order valence-corrected chi connectivity index (χ2v) is 6.65. The van der Waals surface area contributed by atoms with Crippen LogP contribution in [0.3, 0.4) is 0 Å². The molecule has 2 rings (SSSR count). The zero-order valence-electron chi connectivity index (χ0n) is 15.8. The van der Waals surface area contributed by atoms with Gasteiger partial charge in [-0.05, 0) is 31.4 Å². The molecule has 2 N–H and O–H groups in total. The van der Waals surface area contributed by atoms with Crippen LogP contribution in [0.1, 0.15) is 55.4 Å². The number of para-hydroxylation sites is 1. The van der Waals surface area contributed by atoms with Crippen molar-refractivity contribution in [1.29, 1.82) is 0 Å². The van der Waals surface area contributed by atoms with Crippen molar-refractivity contribution in [1.82, 2.24) is 15.5 Å². The van der Waals surface area contributed by atoms with Crippen molar-refractivity contribution in [3.63, 3.8) is 0 Å². The molecule has 0 saturated heterocycles. The van der Waals surface area contributed by atoms with Crippen LogP contribution in [0.5, 0.6) is 0 Å². The van der Waals surface area contributed by atoms with Crippen LogP contribution in [0.15, 0.2) is 22.7 Å². The quantitative estimate of drug-likeness (QED) is 0.756. The Hall–Kier alpha value is -2.70. The number of hydrogen-bond acceptors (Lipinski definition) is 5. The number of amides is 2. The average molecular weight is 358 g/mol. The number of rotatable bonds is 8. The van der Waals surface area contributed by atoms with Gasteiger partial charge in [-0.15, -0.1) is 0 Å². The van der Waals surface area contributed by atoms with Gasteiger partial charge in [0.25, 0.3) is 0 Å². The minimum absolute atomic E-state index is 0.0509. The molecule has 0 aliphatic carbocycles. The fraction of sp³-hybridized carbons (Fsp3) is 0.474. The van der Waals surface area contributed by atoms with Gasteiger partial charge in [-0.1, -0.05) is 37.2 Å². The van der Waals surface area contributed by atoms with Gasteiger partial charge in [0.2, 0.25) is 17.7 Å². The van der Waals surface area contributed by atoms with Crippen molar-refractivity contribution >= 4 is 17.5 Å². The molecule has 2 aromatic rings. The molecule has 0 atom stereocenters. The van der Waals surface area contributed by atoms with E-state index < -0.39 is 0 Å². The van der Waals surface area contributed by atoms with E-state index >= 15 is 0 Å². The monoisotopic (exact) mass is 358 g/mol. The third-order valence-corrected chi connectivity index (χ3v) is 3.99. The van der Waals surface area contributed by atoms with Crippen LogP contribution in [0.2, 0.25) is 0 Å². The molecule has 2 amide bonds. The maximum atomic E-state index is 12.0. The van der Waals surface area contributed by atoms with E-state index in [9.17, 15) is 9.59 Å². The summed E-state index contributed by atoms with van der Waals surface area (Å²) >= 11 is 0. The largest absolute Gasteiger partial charge is 0.347 e. The molecular weight excluding hydrogens is 332 g/mol. The minimum atomic E-state index is -0.241. The van der Waals surface area contributed by atoms with Crippen molar-refractivity contribution in [2.75, 3.05) is 11.9 Å². The Morgan fingerprint density at radius 2 is 1.85 bits per heavy atom. The number of nitrogens with one attached hydrogen (secondary N) is 2. The summed E-state index contributed by atoms with van der Waals surface area (Å²) in [6.07, 6.45) is 1.43. The van der Waals surface area contributed by atoms with E-state index in [2.05, 4.69) is 20.8 Å². The third kappa shape index (κ3) is 5.68. The summed E-state index contributed by atoms with van der Waals surface area (Å²) in [4.78, 5) is 28.2. The maximum Gasteiger partial charge on any atom is 0.243 e. The number of aryl methyl sites for hydroxylation is 3. The zero-order valence-corrected chi connectivity index (χ0v) is 15.8. The number of nitrogens with zero attached hydrogens (tertiary/aromatic N) is 2.